The predicted octanol–water partition coefficient (Wildman–Crippen LogP) is 4.22. The van der Waals surface area contributed by atoms with Gasteiger partial charge in [-0.05, 0) is 43.3 Å². The molecule has 0 aromatic carbocycles. The van der Waals surface area contributed by atoms with Crippen molar-refractivity contribution in [1.29, 1.82) is 0 Å². The number of aromatic nitrogens is 4. The number of aryl methyl sites for hydroxylation is 2. The topological polar surface area (TPSA) is 60.7 Å². The van der Waals surface area contributed by atoms with Crippen LogP contribution in [0.15, 0.2) is 39.8 Å². The van der Waals surface area contributed by atoms with Gasteiger partial charge < -0.3 is 0 Å². The molecule has 0 bridgehead atoms. The summed E-state index contributed by atoms with van der Waals surface area (Å²) in [5.41, 5.74) is -0.399. The smallest absolute Gasteiger partial charge is 0.283 e. The molecule has 0 fully saturated rings. The molecule has 3 rings (SSSR count). The van der Waals surface area contributed by atoms with Gasteiger partial charge in [-0.3, -0.25) is 9.36 Å². The Morgan fingerprint density at radius 1 is 1.31 bits per heavy atom. The van der Waals surface area contributed by atoms with Crippen molar-refractivity contribution in [2.24, 2.45) is 0 Å². The highest BCUT2D eigenvalue weighted by Gasteiger charge is 2.33. The van der Waals surface area contributed by atoms with Crippen molar-refractivity contribution in [2.75, 3.05) is 0 Å². The van der Waals surface area contributed by atoms with E-state index in [4.69, 9.17) is 0 Å². The predicted molar refractivity (Wildman–Crippen MR) is 94.7 cm³/mol. The van der Waals surface area contributed by atoms with Gasteiger partial charge in [0.15, 0.2) is 10.9 Å². The van der Waals surface area contributed by atoms with Gasteiger partial charge in [0.05, 0.1) is 5.39 Å². The first-order chi connectivity index (χ1) is 12.2. The molecule has 0 N–H and O–H groups in total. The Hall–Kier alpha value is -2.20. The summed E-state index contributed by atoms with van der Waals surface area (Å²) in [5.74, 6) is 0. The van der Waals surface area contributed by atoms with Crippen LogP contribution in [0.1, 0.15) is 16.1 Å². The average Bonchev–Trinajstić information content (AvgIpc) is 2.85. The molecular weight excluding hydrogens is 385 g/mol. The van der Waals surface area contributed by atoms with E-state index in [1.165, 1.54) is 22.0 Å². The highest BCUT2D eigenvalue weighted by Crippen LogP contribution is 2.32. The van der Waals surface area contributed by atoms with Crippen molar-refractivity contribution in [1.82, 2.24) is 19.7 Å². The average molecular weight is 398 g/mol. The Balaban J connectivity index is 2.08. The van der Waals surface area contributed by atoms with Crippen LogP contribution in [0.4, 0.5) is 13.2 Å². The molecule has 0 amide bonds. The normalized spacial score (nSPS) is 11.9. The summed E-state index contributed by atoms with van der Waals surface area (Å²) in [4.78, 5) is 18.9. The summed E-state index contributed by atoms with van der Waals surface area (Å²) >= 11 is 2.39. The Morgan fingerprint density at radius 2 is 2.04 bits per heavy atom. The molecule has 0 aliphatic carbocycles. The molecule has 0 spiro atoms. The van der Waals surface area contributed by atoms with Gasteiger partial charge in [0, 0.05) is 11.4 Å². The molecule has 10 heteroatoms. The van der Waals surface area contributed by atoms with Crippen molar-refractivity contribution in [3.8, 4) is 0 Å². The van der Waals surface area contributed by atoms with E-state index in [-0.39, 0.29) is 17.1 Å². The summed E-state index contributed by atoms with van der Waals surface area (Å²) in [6, 6.07) is 2.06. The van der Waals surface area contributed by atoms with E-state index in [1.807, 2.05) is 13.8 Å². The molecule has 0 aliphatic rings. The number of hydrogen-bond donors (Lipinski definition) is 0. The maximum atomic E-state index is 12.8. The molecule has 0 unspecified atom stereocenters. The summed E-state index contributed by atoms with van der Waals surface area (Å²) in [5, 5.41) is 7.88. The second-order valence-corrected chi connectivity index (χ2v) is 7.61. The van der Waals surface area contributed by atoms with E-state index in [0.29, 0.717) is 15.4 Å². The number of rotatable bonds is 4. The third-order valence-corrected chi connectivity index (χ3v) is 5.71. The number of alkyl halides is 3. The monoisotopic (exact) mass is 398 g/mol. The Morgan fingerprint density at radius 3 is 2.62 bits per heavy atom. The van der Waals surface area contributed by atoms with Crippen LogP contribution in [0.3, 0.4) is 0 Å². The standard InChI is InChI=1S/C16H13F3N4OS2/c1-4-7-23-14(24)12-8(2)9(3)25-13(12)20-15(23)26-11-6-5-10(21-22-11)16(17,18)19/h4-6H,1,7H2,2-3H3. The number of hydrogen-bond acceptors (Lipinski definition) is 6. The molecule has 0 saturated heterocycles. The molecule has 26 heavy (non-hydrogen) atoms. The zero-order chi connectivity index (χ0) is 19.1. The number of thiophene rings is 1. The van der Waals surface area contributed by atoms with Gasteiger partial charge >= 0.3 is 6.18 Å². The lowest BCUT2D eigenvalue weighted by molar-refractivity contribution is -0.141. The minimum Gasteiger partial charge on any atom is -0.283 e. The minimum atomic E-state index is -4.55. The zero-order valence-corrected chi connectivity index (χ0v) is 15.4. The molecule has 3 aromatic rings. The van der Waals surface area contributed by atoms with E-state index in [0.717, 1.165) is 28.3 Å². The lowest BCUT2D eigenvalue weighted by Gasteiger charge is -2.10. The van der Waals surface area contributed by atoms with Crippen molar-refractivity contribution >= 4 is 33.3 Å². The summed E-state index contributed by atoms with van der Waals surface area (Å²) < 4.78 is 39.2. The Kier molecular flexibility index (Phi) is 4.89. The van der Waals surface area contributed by atoms with Crippen LogP contribution in [0.25, 0.3) is 10.2 Å². The molecule has 0 aliphatic heterocycles. The van der Waals surface area contributed by atoms with Crippen LogP contribution in [-0.4, -0.2) is 19.7 Å². The van der Waals surface area contributed by atoms with Crippen LogP contribution in [0.5, 0.6) is 0 Å². The van der Waals surface area contributed by atoms with E-state index >= 15 is 0 Å². The van der Waals surface area contributed by atoms with Crippen LogP contribution in [0.2, 0.25) is 0 Å². The number of allylic oxidation sites excluding steroid dienone is 1. The molecule has 0 atom stereocenters. The fraction of sp³-hybridized carbons (Fsp3) is 0.250. The first-order valence-corrected chi connectivity index (χ1v) is 9.06. The largest absolute Gasteiger partial charge is 0.435 e. The summed E-state index contributed by atoms with van der Waals surface area (Å²) in [6.07, 6.45) is -2.99. The third-order valence-electron chi connectivity index (χ3n) is 3.69. The van der Waals surface area contributed by atoms with Crippen molar-refractivity contribution in [3.05, 3.63) is 51.3 Å². The Bertz CT molecular complexity index is 1040. The number of fused-ring (bicyclic) bond motifs is 1. The lowest BCUT2D eigenvalue weighted by atomic mass is 10.2. The molecule has 0 radical (unpaired) electrons. The molecule has 0 saturated carbocycles. The van der Waals surface area contributed by atoms with Crippen molar-refractivity contribution in [2.45, 2.75) is 36.8 Å². The van der Waals surface area contributed by atoms with Gasteiger partial charge in [-0.1, -0.05) is 6.08 Å². The molecule has 5 nitrogen and oxygen atoms in total. The van der Waals surface area contributed by atoms with Crippen LogP contribution in [0, 0.1) is 13.8 Å². The van der Waals surface area contributed by atoms with Gasteiger partial charge in [-0.15, -0.1) is 28.1 Å². The van der Waals surface area contributed by atoms with Gasteiger partial charge in [-0.25, -0.2) is 4.98 Å². The van der Waals surface area contributed by atoms with E-state index in [1.54, 1.807) is 6.08 Å². The Labute approximate surface area is 154 Å². The first kappa shape index (κ1) is 18.6. The quantitative estimate of drug-likeness (QED) is 0.486. The SMILES string of the molecule is C=CCn1c(Sc2ccc(C(F)(F)F)nn2)nc2sc(C)c(C)c2c1=O. The summed E-state index contributed by atoms with van der Waals surface area (Å²) in [7, 11) is 0. The van der Waals surface area contributed by atoms with Crippen molar-refractivity contribution < 1.29 is 13.2 Å². The number of halogens is 3. The van der Waals surface area contributed by atoms with Crippen LogP contribution >= 0.6 is 23.1 Å². The van der Waals surface area contributed by atoms with Gasteiger partial charge in [-0.2, -0.15) is 13.2 Å². The van der Waals surface area contributed by atoms with Crippen LogP contribution in [-0.2, 0) is 12.7 Å². The van der Waals surface area contributed by atoms with E-state index in [9.17, 15) is 18.0 Å². The summed E-state index contributed by atoms with van der Waals surface area (Å²) in [6.45, 7) is 7.65. The van der Waals surface area contributed by atoms with E-state index in [2.05, 4.69) is 21.8 Å². The number of nitrogens with zero attached hydrogens (tertiary/aromatic N) is 4. The van der Waals surface area contributed by atoms with Gasteiger partial charge in [0.25, 0.3) is 5.56 Å². The molecule has 3 aromatic heterocycles. The second-order valence-electron chi connectivity index (χ2n) is 5.42. The fourth-order valence-electron chi connectivity index (χ4n) is 2.30. The third kappa shape index (κ3) is 3.38. The fourth-order valence-corrected chi connectivity index (χ4v) is 4.18. The van der Waals surface area contributed by atoms with Gasteiger partial charge in [0.2, 0.25) is 0 Å². The first-order valence-electron chi connectivity index (χ1n) is 7.42. The minimum absolute atomic E-state index is 0.209. The molecule has 136 valence electrons. The van der Waals surface area contributed by atoms with Crippen molar-refractivity contribution in [3.63, 3.8) is 0 Å². The second kappa shape index (κ2) is 6.84. The van der Waals surface area contributed by atoms with Crippen LogP contribution < -0.4 is 5.56 Å². The van der Waals surface area contributed by atoms with Gasteiger partial charge in [0.1, 0.15) is 9.86 Å². The molecular formula is C16H13F3N4OS2. The highest BCUT2D eigenvalue weighted by molar-refractivity contribution is 7.99. The molecule has 3 heterocycles. The lowest BCUT2D eigenvalue weighted by Crippen LogP contribution is -2.22. The van der Waals surface area contributed by atoms with E-state index < -0.39 is 11.9 Å². The highest BCUT2D eigenvalue weighted by atomic mass is 32.2. The zero-order valence-electron chi connectivity index (χ0n) is 13.8. The maximum absolute atomic E-state index is 12.8. The maximum Gasteiger partial charge on any atom is 0.435 e.